The van der Waals surface area contributed by atoms with Crippen molar-refractivity contribution in [1.29, 1.82) is 5.41 Å². The Labute approximate surface area is 90.8 Å². The second kappa shape index (κ2) is 4.36. The number of nitrogens with zero attached hydrogens (tertiary/aromatic N) is 2. The first-order valence-corrected chi connectivity index (χ1v) is 4.93. The van der Waals surface area contributed by atoms with Gasteiger partial charge in [-0.15, -0.1) is 0 Å². The Morgan fingerprint density at radius 3 is 2.71 bits per heavy atom. The van der Waals surface area contributed by atoms with Gasteiger partial charge in [0.2, 0.25) is 0 Å². The molecule has 1 aromatic rings. The molecule has 0 fully saturated rings. The summed E-state index contributed by atoms with van der Waals surface area (Å²) in [5, 5.41) is 10.6. The van der Waals surface area contributed by atoms with Gasteiger partial charge in [-0.05, 0) is 29.8 Å². The standard InChI is InChI=1S/C8H12BrN5/c1-4(2)14-8-5(6(9)10)7(11)12-3-13-8/h3-4,10H,1-2H3,(H3,11,12,13,14). The van der Waals surface area contributed by atoms with Gasteiger partial charge in [-0.3, -0.25) is 5.41 Å². The van der Waals surface area contributed by atoms with E-state index in [4.69, 9.17) is 11.1 Å². The minimum absolute atomic E-state index is 0.179. The minimum atomic E-state index is 0.179. The molecule has 0 aliphatic rings. The van der Waals surface area contributed by atoms with Gasteiger partial charge in [0.15, 0.2) is 0 Å². The molecule has 14 heavy (non-hydrogen) atoms. The van der Waals surface area contributed by atoms with Crippen LogP contribution in [-0.2, 0) is 0 Å². The van der Waals surface area contributed by atoms with Gasteiger partial charge in [0, 0.05) is 6.04 Å². The Morgan fingerprint density at radius 2 is 2.21 bits per heavy atom. The number of nitrogen functional groups attached to an aromatic ring is 1. The average molecular weight is 258 g/mol. The number of rotatable bonds is 3. The largest absolute Gasteiger partial charge is 0.383 e. The fourth-order valence-electron chi connectivity index (χ4n) is 0.998. The summed E-state index contributed by atoms with van der Waals surface area (Å²) in [5.41, 5.74) is 6.14. The molecule has 0 aliphatic heterocycles. The zero-order valence-corrected chi connectivity index (χ0v) is 9.59. The van der Waals surface area contributed by atoms with Gasteiger partial charge in [0.1, 0.15) is 22.6 Å². The van der Waals surface area contributed by atoms with Crippen LogP contribution in [0.5, 0.6) is 0 Å². The summed E-state index contributed by atoms with van der Waals surface area (Å²) in [7, 11) is 0. The van der Waals surface area contributed by atoms with Gasteiger partial charge >= 0.3 is 0 Å². The molecule has 0 radical (unpaired) electrons. The minimum Gasteiger partial charge on any atom is -0.383 e. The Hall–Kier alpha value is -1.17. The van der Waals surface area contributed by atoms with E-state index in [1.165, 1.54) is 6.33 Å². The fourth-order valence-corrected chi connectivity index (χ4v) is 1.39. The van der Waals surface area contributed by atoms with Crippen molar-refractivity contribution in [2.24, 2.45) is 0 Å². The molecule has 0 amide bonds. The normalized spacial score (nSPS) is 10.3. The number of halogens is 1. The lowest BCUT2D eigenvalue weighted by atomic mass is 10.3. The van der Waals surface area contributed by atoms with Gasteiger partial charge in [-0.2, -0.15) is 0 Å². The van der Waals surface area contributed by atoms with Crippen molar-refractivity contribution in [1.82, 2.24) is 9.97 Å². The van der Waals surface area contributed by atoms with E-state index in [2.05, 4.69) is 31.2 Å². The highest BCUT2D eigenvalue weighted by atomic mass is 79.9. The molecule has 0 bridgehead atoms. The molecule has 0 aliphatic carbocycles. The molecule has 0 aromatic carbocycles. The maximum absolute atomic E-state index is 7.48. The number of anilines is 2. The van der Waals surface area contributed by atoms with Crippen LogP contribution >= 0.6 is 15.9 Å². The van der Waals surface area contributed by atoms with E-state index in [9.17, 15) is 0 Å². The molecule has 0 saturated carbocycles. The van der Waals surface area contributed by atoms with Crippen molar-refractivity contribution in [3.63, 3.8) is 0 Å². The zero-order chi connectivity index (χ0) is 10.7. The topological polar surface area (TPSA) is 87.7 Å². The van der Waals surface area contributed by atoms with Gasteiger partial charge < -0.3 is 11.1 Å². The van der Waals surface area contributed by atoms with Crippen molar-refractivity contribution in [3.8, 4) is 0 Å². The summed E-state index contributed by atoms with van der Waals surface area (Å²) in [5.74, 6) is 0.874. The predicted octanol–water partition coefficient (Wildman–Crippen LogP) is 1.60. The lowest BCUT2D eigenvalue weighted by Crippen LogP contribution is -2.15. The van der Waals surface area contributed by atoms with E-state index in [1.54, 1.807) is 0 Å². The predicted molar refractivity (Wildman–Crippen MR) is 61.0 cm³/mol. The molecule has 1 heterocycles. The summed E-state index contributed by atoms with van der Waals surface area (Å²) >= 11 is 3.06. The Bertz CT molecular complexity index is 350. The van der Waals surface area contributed by atoms with Crippen molar-refractivity contribution < 1.29 is 0 Å². The SMILES string of the molecule is CC(C)Nc1ncnc(N)c1C(=N)Br. The highest BCUT2D eigenvalue weighted by Crippen LogP contribution is 2.20. The maximum atomic E-state index is 7.48. The van der Waals surface area contributed by atoms with E-state index >= 15 is 0 Å². The highest BCUT2D eigenvalue weighted by molar-refractivity contribution is 9.18. The molecular formula is C8H12BrN5. The van der Waals surface area contributed by atoms with Crippen LogP contribution in [-0.4, -0.2) is 20.6 Å². The smallest absolute Gasteiger partial charge is 0.141 e. The van der Waals surface area contributed by atoms with Crippen molar-refractivity contribution in [3.05, 3.63) is 11.9 Å². The van der Waals surface area contributed by atoms with Crippen LogP contribution < -0.4 is 11.1 Å². The molecule has 1 rings (SSSR count). The number of hydrogen-bond donors (Lipinski definition) is 3. The van der Waals surface area contributed by atoms with Gasteiger partial charge in [0.05, 0.1) is 5.56 Å². The quantitative estimate of drug-likeness (QED) is 0.718. The summed E-state index contributed by atoms with van der Waals surface area (Å²) < 4.78 is 0.179. The number of nitrogens with one attached hydrogen (secondary N) is 2. The molecule has 5 nitrogen and oxygen atoms in total. The van der Waals surface area contributed by atoms with E-state index in [-0.39, 0.29) is 10.7 Å². The van der Waals surface area contributed by atoms with Gasteiger partial charge in [-0.25, -0.2) is 9.97 Å². The highest BCUT2D eigenvalue weighted by Gasteiger charge is 2.12. The summed E-state index contributed by atoms with van der Waals surface area (Å²) in [6.45, 7) is 3.97. The van der Waals surface area contributed by atoms with Crippen LogP contribution in [0.15, 0.2) is 6.33 Å². The maximum Gasteiger partial charge on any atom is 0.141 e. The molecule has 0 unspecified atom stereocenters. The molecule has 76 valence electrons. The summed E-state index contributed by atoms with van der Waals surface area (Å²) in [4.78, 5) is 7.85. The van der Waals surface area contributed by atoms with Crippen LogP contribution in [0.1, 0.15) is 19.4 Å². The Balaban J connectivity index is 3.14. The molecule has 4 N–H and O–H groups in total. The first-order valence-electron chi connectivity index (χ1n) is 4.13. The van der Waals surface area contributed by atoms with Gasteiger partial charge in [-0.1, -0.05) is 0 Å². The Morgan fingerprint density at radius 1 is 1.57 bits per heavy atom. The Kier molecular flexibility index (Phi) is 3.40. The van der Waals surface area contributed by atoms with Crippen LogP contribution in [0, 0.1) is 5.41 Å². The summed E-state index contributed by atoms with van der Waals surface area (Å²) in [6, 6.07) is 0.231. The van der Waals surface area contributed by atoms with E-state index < -0.39 is 0 Å². The van der Waals surface area contributed by atoms with Crippen molar-refractivity contribution >= 4 is 32.2 Å². The first-order chi connectivity index (χ1) is 6.52. The lowest BCUT2D eigenvalue weighted by molar-refractivity contribution is 0.886. The first kappa shape index (κ1) is 10.9. The third-order valence-electron chi connectivity index (χ3n) is 1.52. The van der Waals surface area contributed by atoms with Gasteiger partial charge in [0.25, 0.3) is 0 Å². The third kappa shape index (κ3) is 2.41. The lowest BCUT2D eigenvalue weighted by Gasteiger charge is -2.12. The molecular weight excluding hydrogens is 246 g/mol. The van der Waals surface area contributed by atoms with Crippen molar-refractivity contribution in [2.75, 3.05) is 11.1 Å². The fraction of sp³-hybridized carbons (Fsp3) is 0.375. The number of nitrogens with two attached hydrogens (primary N) is 1. The molecule has 0 spiro atoms. The average Bonchev–Trinajstić information content (AvgIpc) is 2.01. The number of hydrogen-bond acceptors (Lipinski definition) is 5. The van der Waals surface area contributed by atoms with E-state index in [1.807, 2.05) is 13.8 Å². The monoisotopic (exact) mass is 257 g/mol. The zero-order valence-electron chi connectivity index (χ0n) is 8.00. The molecule has 6 heteroatoms. The van der Waals surface area contributed by atoms with Crippen LogP contribution in [0.2, 0.25) is 0 Å². The molecule has 1 aromatic heterocycles. The second-order valence-corrected chi connectivity index (χ2v) is 3.89. The van der Waals surface area contributed by atoms with E-state index in [0.29, 0.717) is 17.2 Å². The third-order valence-corrected chi connectivity index (χ3v) is 1.92. The van der Waals surface area contributed by atoms with Crippen LogP contribution in [0.25, 0.3) is 0 Å². The van der Waals surface area contributed by atoms with E-state index in [0.717, 1.165) is 0 Å². The second-order valence-electron chi connectivity index (χ2n) is 3.10. The molecule has 0 atom stereocenters. The summed E-state index contributed by atoms with van der Waals surface area (Å²) in [6.07, 6.45) is 1.37. The van der Waals surface area contributed by atoms with Crippen LogP contribution in [0.3, 0.4) is 0 Å². The number of aromatic nitrogens is 2. The van der Waals surface area contributed by atoms with Crippen LogP contribution in [0.4, 0.5) is 11.6 Å². The molecule has 0 saturated heterocycles. The van der Waals surface area contributed by atoms with Crippen molar-refractivity contribution in [2.45, 2.75) is 19.9 Å².